The van der Waals surface area contributed by atoms with Gasteiger partial charge in [0.15, 0.2) is 0 Å². The van der Waals surface area contributed by atoms with Gasteiger partial charge in [0.25, 0.3) is 0 Å². The molecule has 0 fully saturated rings. The van der Waals surface area contributed by atoms with E-state index in [4.69, 9.17) is 5.73 Å². The van der Waals surface area contributed by atoms with Crippen molar-refractivity contribution >= 4 is 11.3 Å². The average Bonchev–Trinajstić information content (AvgIpc) is 2.90. The molecule has 0 aromatic carbocycles. The molecule has 0 radical (unpaired) electrons. The van der Waals surface area contributed by atoms with Crippen LogP contribution in [0.4, 0.5) is 0 Å². The molecule has 0 bridgehead atoms. The summed E-state index contributed by atoms with van der Waals surface area (Å²) >= 11 is 1.82. The van der Waals surface area contributed by atoms with Crippen LogP contribution in [0, 0.1) is 0 Å². The molecule has 2 N–H and O–H groups in total. The van der Waals surface area contributed by atoms with Crippen LogP contribution in [0.25, 0.3) is 0 Å². The predicted molar refractivity (Wildman–Crippen MR) is 76.5 cm³/mol. The Bertz CT molecular complexity index is 468. The highest BCUT2D eigenvalue weighted by atomic mass is 32.1. The third kappa shape index (κ3) is 3.91. The molecule has 2 aromatic rings. The molecule has 4 heteroatoms. The number of nitrogens with two attached hydrogens (primary N) is 1. The van der Waals surface area contributed by atoms with Gasteiger partial charge in [0.05, 0.1) is 11.4 Å². The Labute approximate surface area is 112 Å². The minimum atomic E-state index is 0.507. The van der Waals surface area contributed by atoms with E-state index in [0.717, 1.165) is 30.9 Å². The molecule has 2 aromatic heterocycles. The van der Waals surface area contributed by atoms with Crippen LogP contribution in [0.5, 0.6) is 0 Å². The van der Waals surface area contributed by atoms with Crippen molar-refractivity contribution in [3.8, 4) is 0 Å². The molecule has 96 valence electrons. The third-order valence-electron chi connectivity index (χ3n) is 2.83. The lowest BCUT2D eigenvalue weighted by atomic mass is 10.2. The molecule has 18 heavy (non-hydrogen) atoms. The molecule has 0 amide bonds. The van der Waals surface area contributed by atoms with Gasteiger partial charge in [0.1, 0.15) is 0 Å². The van der Waals surface area contributed by atoms with Crippen LogP contribution in [0.2, 0.25) is 0 Å². The fourth-order valence-electron chi connectivity index (χ4n) is 1.84. The highest BCUT2D eigenvalue weighted by molar-refractivity contribution is 7.09. The number of hydrogen-bond acceptors (Lipinski definition) is 4. The Morgan fingerprint density at radius 3 is 2.78 bits per heavy atom. The second-order valence-corrected chi connectivity index (χ2v) is 5.42. The van der Waals surface area contributed by atoms with E-state index in [1.165, 1.54) is 4.88 Å². The number of aromatic nitrogens is 1. The molecule has 0 atom stereocenters. The largest absolute Gasteiger partial charge is 0.325 e. The zero-order chi connectivity index (χ0) is 12.8. The quantitative estimate of drug-likeness (QED) is 0.867. The number of rotatable bonds is 6. The van der Waals surface area contributed by atoms with Gasteiger partial charge in [-0.1, -0.05) is 12.1 Å². The first-order chi connectivity index (χ1) is 8.78. The van der Waals surface area contributed by atoms with Crippen molar-refractivity contribution in [1.82, 2.24) is 9.88 Å². The molecular formula is C14H19N3S. The third-order valence-corrected chi connectivity index (χ3v) is 3.76. The van der Waals surface area contributed by atoms with Gasteiger partial charge in [0, 0.05) is 24.5 Å². The SMILES string of the molecule is CN(CCc1cccs1)Cc1cccc(CN)n1. The first kappa shape index (κ1) is 13.2. The number of nitrogens with zero attached hydrogens (tertiary/aromatic N) is 2. The molecule has 2 rings (SSSR count). The summed E-state index contributed by atoms with van der Waals surface area (Å²) in [4.78, 5) is 8.24. The van der Waals surface area contributed by atoms with Crippen molar-refractivity contribution in [3.05, 3.63) is 52.0 Å². The van der Waals surface area contributed by atoms with Crippen LogP contribution in [-0.2, 0) is 19.5 Å². The van der Waals surface area contributed by atoms with E-state index in [2.05, 4.69) is 40.5 Å². The molecule has 0 aliphatic heterocycles. The number of thiophene rings is 1. The van der Waals surface area contributed by atoms with E-state index in [0.29, 0.717) is 6.54 Å². The zero-order valence-electron chi connectivity index (χ0n) is 10.7. The second kappa shape index (κ2) is 6.64. The van der Waals surface area contributed by atoms with Crippen LogP contribution >= 0.6 is 11.3 Å². The first-order valence-electron chi connectivity index (χ1n) is 6.13. The van der Waals surface area contributed by atoms with Crippen LogP contribution in [0.15, 0.2) is 35.7 Å². The molecule has 0 aliphatic rings. The molecule has 3 nitrogen and oxygen atoms in total. The Balaban J connectivity index is 1.84. The highest BCUT2D eigenvalue weighted by Gasteiger charge is 2.03. The van der Waals surface area contributed by atoms with Crippen molar-refractivity contribution in [2.45, 2.75) is 19.5 Å². The maximum atomic E-state index is 5.60. The minimum absolute atomic E-state index is 0.507. The van der Waals surface area contributed by atoms with Crippen molar-refractivity contribution in [2.75, 3.05) is 13.6 Å². The summed E-state index contributed by atoms with van der Waals surface area (Å²) in [7, 11) is 2.13. The summed E-state index contributed by atoms with van der Waals surface area (Å²) in [5.74, 6) is 0. The van der Waals surface area contributed by atoms with E-state index in [1.54, 1.807) is 0 Å². The fourth-order valence-corrected chi connectivity index (χ4v) is 2.54. The fraction of sp³-hybridized carbons (Fsp3) is 0.357. The van der Waals surface area contributed by atoms with E-state index in [9.17, 15) is 0 Å². The molecular weight excluding hydrogens is 242 g/mol. The first-order valence-corrected chi connectivity index (χ1v) is 7.01. The Hall–Kier alpha value is -1.23. The standard InChI is InChI=1S/C14H19N3S/c1-17(8-7-14-6-3-9-18-14)11-13-5-2-4-12(10-15)16-13/h2-6,9H,7-8,10-11,15H2,1H3. The van der Waals surface area contributed by atoms with Crippen molar-refractivity contribution in [2.24, 2.45) is 5.73 Å². The average molecular weight is 261 g/mol. The van der Waals surface area contributed by atoms with Crippen LogP contribution in [-0.4, -0.2) is 23.5 Å². The molecule has 2 heterocycles. The van der Waals surface area contributed by atoms with E-state index < -0.39 is 0 Å². The summed E-state index contributed by atoms with van der Waals surface area (Å²) < 4.78 is 0. The highest BCUT2D eigenvalue weighted by Crippen LogP contribution is 2.10. The second-order valence-electron chi connectivity index (χ2n) is 4.39. The van der Waals surface area contributed by atoms with Crippen LogP contribution in [0.3, 0.4) is 0 Å². The van der Waals surface area contributed by atoms with E-state index in [-0.39, 0.29) is 0 Å². The number of likely N-dealkylation sites (N-methyl/N-ethyl adjacent to an activating group) is 1. The van der Waals surface area contributed by atoms with Crippen molar-refractivity contribution in [1.29, 1.82) is 0 Å². The smallest absolute Gasteiger partial charge is 0.0547 e. The lowest BCUT2D eigenvalue weighted by Crippen LogP contribution is -2.21. The molecule has 0 spiro atoms. The molecule has 0 unspecified atom stereocenters. The molecule has 0 saturated heterocycles. The summed E-state index contributed by atoms with van der Waals surface area (Å²) in [5.41, 5.74) is 7.64. The lowest BCUT2D eigenvalue weighted by molar-refractivity contribution is 0.327. The molecule has 0 saturated carbocycles. The van der Waals surface area contributed by atoms with Gasteiger partial charge in [-0.3, -0.25) is 4.98 Å². The summed E-state index contributed by atoms with van der Waals surface area (Å²) in [6, 6.07) is 10.3. The van der Waals surface area contributed by atoms with Crippen molar-refractivity contribution in [3.63, 3.8) is 0 Å². The molecule has 0 aliphatic carbocycles. The normalized spacial score (nSPS) is 11.1. The maximum Gasteiger partial charge on any atom is 0.0547 e. The van der Waals surface area contributed by atoms with E-state index >= 15 is 0 Å². The number of pyridine rings is 1. The van der Waals surface area contributed by atoms with E-state index in [1.807, 2.05) is 23.5 Å². The topological polar surface area (TPSA) is 42.1 Å². The Kier molecular flexibility index (Phi) is 4.87. The monoisotopic (exact) mass is 261 g/mol. The van der Waals surface area contributed by atoms with Gasteiger partial charge < -0.3 is 10.6 Å². The van der Waals surface area contributed by atoms with Gasteiger partial charge in [0.2, 0.25) is 0 Å². The Morgan fingerprint density at radius 2 is 2.06 bits per heavy atom. The van der Waals surface area contributed by atoms with Gasteiger partial charge in [-0.2, -0.15) is 0 Å². The Morgan fingerprint density at radius 1 is 1.22 bits per heavy atom. The van der Waals surface area contributed by atoms with Crippen LogP contribution < -0.4 is 5.73 Å². The van der Waals surface area contributed by atoms with Crippen molar-refractivity contribution < 1.29 is 0 Å². The number of hydrogen-bond donors (Lipinski definition) is 1. The summed E-state index contributed by atoms with van der Waals surface area (Å²) in [6.45, 7) is 2.43. The zero-order valence-corrected chi connectivity index (χ0v) is 11.5. The summed E-state index contributed by atoms with van der Waals surface area (Å²) in [5, 5.41) is 2.13. The van der Waals surface area contributed by atoms with Crippen LogP contribution in [0.1, 0.15) is 16.3 Å². The maximum absolute atomic E-state index is 5.60. The predicted octanol–water partition coefficient (Wildman–Crippen LogP) is 2.28. The van der Waals surface area contributed by atoms with Gasteiger partial charge in [-0.05, 0) is 37.0 Å². The van der Waals surface area contributed by atoms with Gasteiger partial charge >= 0.3 is 0 Å². The summed E-state index contributed by atoms with van der Waals surface area (Å²) in [6.07, 6.45) is 1.10. The van der Waals surface area contributed by atoms with Gasteiger partial charge in [-0.25, -0.2) is 0 Å². The van der Waals surface area contributed by atoms with Gasteiger partial charge in [-0.15, -0.1) is 11.3 Å². The lowest BCUT2D eigenvalue weighted by Gasteiger charge is -2.15. The minimum Gasteiger partial charge on any atom is -0.325 e.